The average molecular weight is 396 g/mol. The summed E-state index contributed by atoms with van der Waals surface area (Å²) in [6.45, 7) is 6.06. The number of aromatic nitrogens is 2. The first-order valence-corrected chi connectivity index (χ1v) is 10.4. The summed E-state index contributed by atoms with van der Waals surface area (Å²) in [4.78, 5) is 20.2. The minimum atomic E-state index is -0.279. The van der Waals surface area contributed by atoms with Gasteiger partial charge in [0.25, 0.3) is 0 Å². The smallest absolute Gasteiger partial charge is 0.321 e. The summed E-state index contributed by atoms with van der Waals surface area (Å²) < 4.78 is 12.4. The molecule has 5 atom stereocenters. The van der Waals surface area contributed by atoms with Gasteiger partial charge < -0.3 is 14.8 Å². The van der Waals surface area contributed by atoms with Crippen molar-refractivity contribution in [3.05, 3.63) is 48.3 Å². The molecule has 1 saturated carbocycles. The summed E-state index contributed by atoms with van der Waals surface area (Å²) in [7, 11) is 0. The van der Waals surface area contributed by atoms with Gasteiger partial charge in [0.2, 0.25) is 5.91 Å². The van der Waals surface area contributed by atoms with E-state index in [0.29, 0.717) is 23.6 Å². The third kappa shape index (κ3) is 4.42. The van der Waals surface area contributed by atoms with E-state index in [1.54, 1.807) is 25.4 Å². The average Bonchev–Trinajstić information content (AvgIpc) is 2.68. The molecule has 2 fully saturated rings. The summed E-state index contributed by atoms with van der Waals surface area (Å²) in [6.07, 6.45) is 7.40. The Morgan fingerprint density at radius 2 is 2.03 bits per heavy atom. The van der Waals surface area contributed by atoms with Crippen LogP contribution in [0.4, 0.5) is 0 Å². The highest BCUT2D eigenvalue weighted by Crippen LogP contribution is 2.48. The zero-order valence-corrected chi connectivity index (χ0v) is 17.3. The van der Waals surface area contributed by atoms with Crippen molar-refractivity contribution in [3.63, 3.8) is 0 Å². The Bertz CT molecular complexity index is 859. The maximum atomic E-state index is 12.0. The molecule has 0 radical (unpaired) electrons. The lowest BCUT2D eigenvalue weighted by Gasteiger charge is -2.52. The fourth-order valence-corrected chi connectivity index (χ4v) is 4.97. The summed E-state index contributed by atoms with van der Waals surface area (Å²) in [5, 5.41) is 3.26. The van der Waals surface area contributed by atoms with Crippen LogP contribution < -0.4 is 10.1 Å². The van der Waals surface area contributed by atoms with Crippen LogP contribution in [0.2, 0.25) is 0 Å². The molecule has 6 nitrogen and oxygen atoms in total. The van der Waals surface area contributed by atoms with Gasteiger partial charge >= 0.3 is 6.01 Å². The minimum absolute atomic E-state index is 0.0174. The van der Waals surface area contributed by atoms with E-state index in [-0.39, 0.29) is 23.7 Å². The molecule has 2 aliphatic rings. The number of ether oxygens (including phenoxy) is 2. The molecule has 0 unspecified atom stereocenters. The lowest BCUT2D eigenvalue weighted by atomic mass is 9.66. The molecule has 0 bridgehead atoms. The van der Waals surface area contributed by atoms with Gasteiger partial charge in [-0.1, -0.05) is 25.5 Å². The predicted octanol–water partition coefficient (Wildman–Crippen LogP) is 4.43. The van der Waals surface area contributed by atoms with Crippen LogP contribution in [-0.4, -0.2) is 27.5 Å². The van der Waals surface area contributed by atoms with Crippen molar-refractivity contribution in [1.82, 2.24) is 15.3 Å². The topological polar surface area (TPSA) is 73.3 Å². The lowest BCUT2D eigenvalue weighted by Crippen LogP contribution is -2.60. The van der Waals surface area contributed by atoms with Crippen LogP contribution in [0.1, 0.15) is 58.1 Å². The normalized spacial score (nSPS) is 31.6. The molecule has 1 amide bonds. The Morgan fingerprint density at radius 1 is 1.24 bits per heavy atom. The van der Waals surface area contributed by atoms with E-state index in [1.807, 2.05) is 18.2 Å². The lowest BCUT2D eigenvalue weighted by molar-refractivity contribution is -0.153. The van der Waals surface area contributed by atoms with Gasteiger partial charge in [-0.2, -0.15) is 0 Å². The highest BCUT2D eigenvalue weighted by atomic mass is 16.5. The van der Waals surface area contributed by atoms with Crippen molar-refractivity contribution in [2.24, 2.45) is 11.8 Å². The molecule has 2 heterocycles. The number of nitrogens with one attached hydrogen (secondary N) is 1. The third-order valence-corrected chi connectivity index (χ3v) is 6.26. The largest absolute Gasteiger partial charge is 0.424 e. The maximum absolute atomic E-state index is 12.0. The molecule has 29 heavy (non-hydrogen) atoms. The van der Waals surface area contributed by atoms with E-state index < -0.39 is 0 Å². The molecular weight excluding hydrogens is 366 g/mol. The number of hydrogen-bond donors (Lipinski definition) is 1. The first-order chi connectivity index (χ1) is 13.9. The van der Waals surface area contributed by atoms with Gasteiger partial charge in [-0.15, -0.1) is 0 Å². The molecule has 1 aliphatic heterocycles. The number of nitrogens with zero attached hydrogens (tertiary/aromatic N) is 2. The van der Waals surface area contributed by atoms with Crippen molar-refractivity contribution in [3.8, 4) is 11.8 Å². The second-order valence-corrected chi connectivity index (χ2v) is 8.70. The number of fused-ring (bicyclic) bond motifs is 1. The second kappa shape index (κ2) is 8.11. The standard InChI is InChI=1S/C23H29N3O3/c1-15-8-9-19-20(12-15)29-21(14-23(19,3)26-16(2)27)17-6-4-7-18(13-17)28-22-24-10-5-11-25-22/h4-7,10-11,13,15,19-21H,8-9,12,14H2,1-3H3,(H,26,27)/t15-,19-,20-,21-,23-/m1/s1. The van der Waals surface area contributed by atoms with Crippen molar-refractivity contribution < 1.29 is 14.3 Å². The molecule has 1 aromatic heterocycles. The van der Waals surface area contributed by atoms with Gasteiger partial charge in [-0.05, 0) is 49.4 Å². The minimum Gasteiger partial charge on any atom is -0.424 e. The SMILES string of the molecule is CC(=O)N[C@]1(C)C[C@H](c2cccc(Oc3ncccn3)c2)O[C@@H]2C[C@H](C)CC[C@H]21. The predicted molar refractivity (Wildman–Crippen MR) is 110 cm³/mol. The van der Waals surface area contributed by atoms with E-state index in [9.17, 15) is 4.79 Å². The van der Waals surface area contributed by atoms with Crippen molar-refractivity contribution in [2.45, 2.75) is 64.2 Å². The highest BCUT2D eigenvalue weighted by Gasteiger charge is 2.49. The van der Waals surface area contributed by atoms with Crippen LogP contribution in [0, 0.1) is 11.8 Å². The van der Waals surface area contributed by atoms with Gasteiger partial charge in [-0.25, -0.2) is 9.97 Å². The summed E-state index contributed by atoms with van der Waals surface area (Å²) in [6, 6.07) is 9.97. The molecule has 1 N–H and O–H groups in total. The van der Waals surface area contributed by atoms with Crippen LogP contribution in [0.15, 0.2) is 42.7 Å². The zero-order chi connectivity index (χ0) is 20.4. The summed E-state index contributed by atoms with van der Waals surface area (Å²) in [5.74, 6) is 1.68. The molecule has 1 aromatic carbocycles. The Labute approximate surface area is 172 Å². The number of amides is 1. The van der Waals surface area contributed by atoms with Crippen LogP contribution in [0.3, 0.4) is 0 Å². The van der Waals surface area contributed by atoms with E-state index in [4.69, 9.17) is 9.47 Å². The van der Waals surface area contributed by atoms with Gasteiger partial charge in [-0.3, -0.25) is 4.79 Å². The van der Waals surface area contributed by atoms with E-state index in [2.05, 4.69) is 35.2 Å². The molecule has 1 saturated heterocycles. The van der Waals surface area contributed by atoms with Gasteiger partial charge in [0.15, 0.2) is 0 Å². The van der Waals surface area contributed by atoms with Crippen molar-refractivity contribution in [2.75, 3.05) is 0 Å². The van der Waals surface area contributed by atoms with Crippen LogP contribution >= 0.6 is 0 Å². The Morgan fingerprint density at radius 3 is 2.79 bits per heavy atom. The van der Waals surface area contributed by atoms with Gasteiger partial charge in [0, 0.05) is 37.2 Å². The van der Waals surface area contributed by atoms with Crippen LogP contribution in [-0.2, 0) is 9.53 Å². The van der Waals surface area contributed by atoms with Crippen LogP contribution in [0.5, 0.6) is 11.8 Å². The Balaban J connectivity index is 1.59. The maximum Gasteiger partial charge on any atom is 0.321 e. The quantitative estimate of drug-likeness (QED) is 0.829. The first-order valence-electron chi connectivity index (χ1n) is 10.4. The number of benzene rings is 1. The molecule has 154 valence electrons. The number of carbonyl (C=O) groups is 1. The monoisotopic (exact) mass is 395 g/mol. The van der Waals surface area contributed by atoms with E-state index in [1.165, 1.54) is 6.42 Å². The Kier molecular flexibility index (Phi) is 5.54. The summed E-state index contributed by atoms with van der Waals surface area (Å²) >= 11 is 0. The first kappa shape index (κ1) is 19.8. The van der Waals surface area contributed by atoms with Crippen LogP contribution in [0.25, 0.3) is 0 Å². The molecule has 4 rings (SSSR count). The number of carbonyl (C=O) groups excluding carboxylic acids is 1. The highest BCUT2D eigenvalue weighted by molar-refractivity contribution is 5.73. The molecule has 1 aliphatic carbocycles. The van der Waals surface area contributed by atoms with Crippen molar-refractivity contribution in [1.29, 1.82) is 0 Å². The fourth-order valence-electron chi connectivity index (χ4n) is 4.97. The fraction of sp³-hybridized carbons (Fsp3) is 0.522. The zero-order valence-electron chi connectivity index (χ0n) is 17.3. The van der Waals surface area contributed by atoms with E-state index >= 15 is 0 Å². The van der Waals surface area contributed by atoms with Gasteiger partial charge in [0.1, 0.15) is 5.75 Å². The molecule has 2 aromatic rings. The third-order valence-electron chi connectivity index (χ3n) is 6.26. The Hall–Kier alpha value is -2.47. The number of rotatable bonds is 4. The molecular formula is C23H29N3O3. The van der Waals surface area contributed by atoms with Crippen molar-refractivity contribution >= 4 is 5.91 Å². The summed E-state index contributed by atoms with van der Waals surface area (Å²) in [5.41, 5.74) is 0.769. The number of hydrogen-bond acceptors (Lipinski definition) is 5. The molecule has 6 heteroatoms. The molecule has 0 spiro atoms. The second-order valence-electron chi connectivity index (χ2n) is 8.70. The van der Waals surface area contributed by atoms with Gasteiger partial charge in [0.05, 0.1) is 12.2 Å². The van der Waals surface area contributed by atoms with E-state index in [0.717, 1.165) is 24.8 Å².